The molecule has 0 aromatic carbocycles. The summed E-state index contributed by atoms with van der Waals surface area (Å²) in [7, 11) is 1.37. The highest BCUT2D eigenvalue weighted by Gasteiger charge is 2.06. The fourth-order valence-corrected chi connectivity index (χ4v) is 1.45. The van der Waals surface area contributed by atoms with Crippen molar-refractivity contribution < 1.29 is 9.53 Å². The van der Waals surface area contributed by atoms with E-state index in [1.165, 1.54) is 18.4 Å². The van der Waals surface area contributed by atoms with Gasteiger partial charge in [-0.25, -0.2) is 4.79 Å². The smallest absolute Gasteiger partial charge is 0.348 e. The SMILES string of the molecule is C=Cc1ccc(C(=O)OC)s1. The van der Waals surface area contributed by atoms with Crippen molar-refractivity contribution in [2.45, 2.75) is 0 Å². The average molecular weight is 168 g/mol. The van der Waals surface area contributed by atoms with Gasteiger partial charge in [-0.1, -0.05) is 12.7 Å². The molecule has 1 rings (SSSR count). The van der Waals surface area contributed by atoms with Crippen LogP contribution in [0.25, 0.3) is 6.08 Å². The van der Waals surface area contributed by atoms with E-state index >= 15 is 0 Å². The summed E-state index contributed by atoms with van der Waals surface area (Å²) in [6, 6.07) is 3.57. The molecule has 1 heterocycles. The van der Waals surface area contributed by atoms with E-state index in [4.69, 9.17) is 0 Å². The number of rotatable bonds is 2. The Kier molecular flexibility index (Phi) is 2.44. The summed E-state index contributed by atoms with van der Waals surface area (Å²) in [5.41, 5.74) is 0. The molecule has 0 saturated heterocycles. The summed E-state index contributed by atoms with van der Waals surface area (Å²) in [6.45, 7) is 3.59. The van der Waals surface area contributed by atoms with Gasteiger partial charge < -0.3 is 4.74 Å². The van der Waals surface area contributed by atoms with Gasteiger partial charge in [-0.3, -0.25) is 0 Å². The van der Waals surface area contributed by atoms with Crippen LogP contribution < -0.4 is 0 Å². The first-order valence-electron chi connectivity index (χ1n) is 3.08. The summed E-state index contributed by atoms with van der Waals surface area (Å²) in [6.07, 6.45) is 1.71. The van der Waals surface area contributed by atoms with Crippen LogP contribution in [0.1, 0.15) is 14.5 Å². The molecule has 3 heteroatoms. The van der Waals surface area contributed by atoms with Crippen LogP contribution in [0, 0.1) is 0 Å². The minimum absolute atomic E-state index is 0.289. The van der Waals surface area contributed by atoms with Gasteiger partial charge in [-0.15, -0.1) is 11.3 Å². The molecule has 2 nitrogen and oxygen atoms in total. The van der Waals surface area contributed by atoms with Crippen molar-refractivity contribution in [1.82, 2.24) is 0 Å². The standard InChI is InChI=1S/C8H8O2S/c1-3-6-4-5-7(11-6)8(9)10-2/h3-5H,1H2,2H3. The molecule has 0 aliphatic heterocycles. The van der Waals surface area contributed by atoms with Gasteiger partial charge in [0.05, 0.1) is 7.11 Å². The molecule has 0 spiro atoms. The van der Waals surface area contributed by atoms with Crippen LogP contribution in [-0.4, -0.2) is 13.1 Å². The minimum Gasteiger partial charge on any atom is -0.465 e. The van der Waals surface area contributed by atoms with Crippen LogP contribution in [-0.2, 0) is 4.74 Å². The van der Waals surface area contributed by atoms with Crippen molar-refractivity contribution in [3.63, 3.8) is 0 Å². The lowest BCUT2D eigenvalue weighted by atomic mass is 10.4. The van der Waals surface area contributed by atoms with E-state index in [9.17, 15) is 4.79 Å². The molecule has 1 aromatic heterocycles. The van der Waals surface area contributed by atoms with E-state index in [-0.39, 0.29) is 5.97 Å². The van der Waals surface area contributed by atoms with Crippen LogP contribution in [0.2, 0.25) is 0 Å². The fourth-order valence-electron chi connectivity index (χ4n) is 0.673. The number of thiophene rings is 1. The summed E-state index contributed by atoms with van der Waals surface area (Å²) in [4.78, 5) is 12.5. The predicted molar refractivity (Wildman–Crippen MR) is 45.7 cm³/mol. The molecular weight excluding hydrogens is 160 g/mol. The van der Waals surface area contributed by atoms with Crippen molar-refractivity contribution in [3.05, 3.63) is 28.5 Å². The van der Waals surface area contributed by atoms with E-state index in [1.807, 2.05) is 6.07 Å². The van der Waals surface area contributed by atoms with E-state index in [1.54, 1.807) is 12.1 Å². The van der Waals surface area contributed by atoms with Crippen LogP contribution in [0.4, 0.5) is 0 Å². The van der Waals surface area contributed by atoms with Gasteiger partial charge in [0, 0.05) is 4.88 Å². The fraction of sp³-hybridized carbons (Fsp3) is 0.125. The molecule has 0 aliphatic rings. The predicted octanol–water partition coefficient (Wildman–Crippen LogP) is 2.18. The number of methoxy groups -OCH3 is 1. The van der Waals surface area contributed by atoms with Gasteiger partial charge in [0.1, 0.15) is 4.88 Å². The van der Waals surface area contributed by atoms with Gasteiger partial charge in [0.2, 0.25) is 0 Å². The van der Waals surface area contributed by atoms with Crippen molar-refractivity contribution in [3.8, 4) is 0 Å². The topological polar surface area (TPSA) is 26.3 Å². The van der Waals surface area contributed by atoms with Crippen molar-refractivity contribution in [2.75, 3.05) is 7.11 Å². The second-order valence-corrected chi connectivity index (χ2v) is 3.01. The zero-order valence-corrected chi connectivity index (χ0v) is 6.98. The first-order chi connectivity index (χ1) is 5.27. The largest absolute Gasteiger partial charge is 0.465 e. The quantitative estimate of drug-likeness (QED) is 0.633. The van der Waals surface area contributed by atoms with Crippen molar-refractivity contribution in [2.24, 2.45) is 0 Å². The van der Waals surface area contributed by atoms with E-state index < -0.39 is 0 Å². The van der Waals surface area contributed by atoms with Crippen LogP contribution in [0.5, 0.6) is 0 Å². The van der Waals surface area contributed by atoms with Gasteiger partial charge in [-0.05, 0) is 12.1 Å². The Morgan fingerprint density at radius 3 is 2.91 bits per heavy atom. The molecule has 0 radical (unpaired) electrons. The highest BCUT2D eigenvalue weighted by Crippen LogP contribution is 2.17. The molecule has 0 amide bonds. The highest BCUT2D eigenvalue weighted by molar-refractivity contribution is 7.14. The monoisotopic (exact) mass is 168 g/mol. The summed E-state index contributed by atoms with van der Waals surface area (Å²) in [5, 5.41) is 0. The normalized spacial score (nSPS) is 9.18. The number of esters is 1. The zero-order chi connectivity index (χ0) is 8.27. The Bertz CT molecular complexity index is 275. The Morgan fingerprint density at radius 2 is 2.45 bits per heavy atom. The Labute approximate surface area is 69.1 Å². The molecule has 0 unspecified atom stereocenters. The minimum atomic E-state index is -0.289. The molecule has 0 saturated carbocycles. The van der Waals surface area contributed by atoms with E-state index in [0.29, 0.717) is 4.88 Å². The maximum Gasteiger partial charge on any atom is 0.348 e. The lowest BCUT2D eigenvalue weighted by molar-refractivity contribution is 0.0606. The Balaban J connectivity index is 2.88. The van der Waals surface area contributed by atoms with Crippen molar-refractivity contribution >= 4 is 23.4 Å². The number of hydrogen-bond donors (Lipinski definition) is 0. The van der Waals surface area contributed by atoms with Gasteiger partial charge in [0.25, 0.3) is 0 Å². The first-order valence-corrected chi connectivity index (χ1v) is 3.90. The van der Waals surface area contributed by atoms with Crippen LogP contribution in [0.3, 0.4) is 0 Å². The average Bonchev–Trinajstić information content (AvgIpc) is 2.50. The maximum absolute atomic E-state index is 10.9. The summed E-state index contributed by atoms with van der Waals surface area (Å²) < 4.78 is 4.53. The molecule has 58 valence electrons. The second kappa shape index (κ2) is 3.34. The maximum atomic E-state index is 10.9. The number of hydrogen-bond acceptors (Lipinski definition) is 3. The summed E-state index contributed by atoms with van der Waals surface area (Å²) in [5.74, 6) is -0.289. The first kappa shape index (κ1) is 8.01. The zero-order valence-electron chi connectivity index (χ0n) is 6.16. The number of ether oxygens (including phenoxy) is 1. The molecule has 1 aromatic rings. The third-order valence-electron chi connectivity index (χ3n) is 1.21. The van der Waals surface area contributed by atoms with Crippen LogP contribution >= 0.6 is 11.3 Å². The van der Waals surface area contributed by atoms with Gasteiger partial charge in [-0.2, -0.15) is 0 Å². The third kappa shape index (κ3) is 1.68. The molecule has 0 atom stereocenters. The molecule has 0 N–H and O–H groups in total. The van der Waals surface area contributed by atoms with E-state index in [0.717, 1.165) is 4.88 Å². The Hall–Kier alpha value is -1.09. The Morgan fingerprint density at radius 1 is 1.73 bits per heavy atom. The molecule has 11 heavy (non-hydrogen) atoms. The molecule has 0 fully saturated rings. The molecular formula is C8H8O2S. The van der Waals surface area contributed by atoms with Gasteiger partial charge >= 0.3 is 5.97 Å². The second-order valence-electron chi connectivity index (χ2n) is 1.90. The molecule has 0 aliphatic carbocycles. The van der Waals surface area contributed by atoms with E-state index in [2.05, 4.69) is 11.3 Å². The lowest BCUT2D eigenvalue weighted by Gasteiger charge is -1.90. The number of carbonyl (C=O) groups is 1. The summed E-state index contributed by atoms with van der Waals surface area (Å²) >= 11 is 1.37. The van der Waals surface area contributed by atoms with Crippen LogP contribution in [0.15, 0.2) is 18.7 Å². The lowest BCUT2D eigenvalue weighted by Crippen LogP contribution is -1.96. The van der Waals surface area contributed by atoms with Crippen molar-refractivity contribution in [1.29, 1.82) is 0 Å². The van der Waals surface area contributed by atoms with Gasteiger partial charge in [0.15, 0.2) is 0 Å². The third-order valence-corrected chi connectivity index (χ3v) is 2.28. The highest BCUT2D eigenvalue weighted by atomic mass is 32.1. The molecule has 0 bridgehead atoms. The number of carbonyl (C=O) groups excluding carboxylic acids is 1.